The Bertz CT molecular complexity index is 1250. The quantitative estimate of drug-likeness (QED) is 0.324. The minimum atomic E-state index is -1.33. The van der Waals surface area contributed by atoms with E-state index in [2.05, 4.69) is 15.6 Å². The Hall–Kier alpha value is -2.22. The van der Waals surface area contributed by atoms with Crippen LogP contribution in [-0.2, 0) is 4.79 Å². The van der Waals surface area contributed by atoms with Crippen LogP contribution in [0.15, 0.2) is 54.9 Å². The van der Waals surface area contributed by atoms with Gasteiger partial charge < -0.3 is 16.4 Å². The number of anilines is 3. The highest BCUT2D eigenvalue weighted by molar-refractivity contribution is 6.53. The SMILES string of the molecule is Nc1cncc(NC(=O)c2cc(NC(=O)[C@H]3[C@H](c4cc(Cl)cc(Cl)c4)C3(Cl)Cl)ccc2Cl)c1. The summed E-state index contributed by atoms with van der Waals surface area (Å²) in [4.78, 5) is 29.5. The van der Waals surface area contributed by atoms with Gasteiger partial charge in [0, 0.05) is 27.8 Å². The summed E-state index contributed by atoms with van der Waals surface area (Å²) in [6.45, 7) is 0. The molecule has 0 bridgehead atoms. The Morgan fingerprint density at radius 3 is 2.27 bits per heavy atom. The number of nitrogens with one attached hydrogen (secondary N) is 2. The molecule has 33 heavy (non-hydrogen) atoms. The average molecular weight is 545 g/mol. The summed E-state index contributed by atoms with van der Waals surface area (Å²) in [6.07, 6.45) is 2.90. The molecule has 0 unspecified atom stereocenters. The number of halogens is 5. The van der Waals surface area contributed by atoms with Crippen LogP contribution in [0.5, 0.6) is 0 Å². The Kier molecular flexibility index (Phi) is 6.67. The summed E-state index contributed by atoms with van der Waals surface area (Å²) in [6, 6.07) is 11.0. The first kappa shape index (κ1) is 23.9. The zero-order valence-corrected chi connectivity index (χ0v) is 20.4. The maximum Gasteiger partial charge on any atom is 0.257 e. The van der Waals surface area contributed by atoms with Crippen molar-refractivity contribution < 1.29 is 9.59 Å². The molecule has 1 aliphatic carbocycles. The predicted octanol–water partition coefficient (Wildman–Crippen LogP) is 6.40. The fraction of sp³-hybridized carbons (Fsp3) is 0.136. The number of alkyl halides is 2. The third kappa shape index (κ3) is 5.15. The number of carbonyl (C=O) groups excluding carboxylic acids is 2. The maximum atomic E-state index is 12.9. The van der Waals surface area contributed by atoms with Gasteiger partial charge in [-0.2, -0.15) is 0 Å². The number of nitrogens with zero attached hydrogens (tertiary/aromatic N) is 1. The van der Waals surface area contributed by atoms with Gasteiger partial charge in [-0.05, 0) is 48.0 Å². The molecule has 170 valence electrons. The molecular formula is C22H15Cl5N4O2. The zero-order valence-electron chi connectivity index (χ0n) is 16.6. The molecule has 1 aromatic heterocycles. The second-order valence-electron chi connectivity index (χ2n) is 7.48. The van der Waals surface area contributed by atoms with Crippen molar-refractivity contribution in [3.63, 3.8) is 0 Å². The molecule has 2 amide bonds. The smallest absolute Gasteiger partial charge is 0.257 e. The second-order valence-corrected chi connectivity index (χ2v) is 10.2. The van der Waals surface area contributed by atoms with Crippen molar-refractivity contribution in [1.82, 2.24) is 4.98 Å². The van der Waals surface area contributed by atoms with Gasteiger partial charge in [0.1, 0.15) is 4.33 Å². The van der Waals surface area contributed by atoms with Crippen molar-refractivity contribution in [3.05, 3.63) is 81.1 Å². The van der Waals surface area contributed by atoms with Crippen LogP contribution in [-0.4, -0.2) is 21.1 Å². The van der Waals surface area contributed by atoms with E-state index in [-0.39, 0.29) is 10.6 Å². The van der Waals surface area contributed by atoms with Crippen molar-refractivity contribution in [1.29, 1.82) is 0 Å². The highest BCUT2D eigenvalue weighted by Crippen LogP contribution is 2.65. The number of hydrogen-bond acceptors (Lipinski definition) is 4. The molecule has 3 aromatic rings. The molecule has 1 saturated carbocycles. The largest absolute Gasteiger partial charge is 0.397 e. The van der Waals surface area contributed by atoms with E-state index in [0.717, 1.165) is 0 Å². The van der Waals surface area contributed by atoms with Crippen molar-refractivity contribution >= 4 is 86.9 Å². The van der Waals surface area contributed by atoms with Crippen LogP contribution < -0.4 is 16.4 Å². The monoisotopic (exact) mass is 542 g/mol. The average Bonchev–Trinajstić information content (AvgIpc) is 3.31. The van der Waals surface area contributed by atoms with Gasteiger partial charge in [0.05, 0.1) is 34.1 Å². The van der Waals surface area contributed by atoms with Crippen LogP contribution in [0, 0.1) is 5.92 Å². The summed E-state index contributed by atoms with van der Waals surface area (Å²) in [5, 5.41) is 6.43. The first-order valence-electron chi connectivity index (χ1n) is 9.52. The highest BCUT2D eigenvalue weighted by atomic mass is 35.5. The van der Waals surface area contributed by atoms with Crippen LogP contribution in [0.25, 0.3) is 0 Å². The summed E-state index contributed by atoms with van der Waals surface area (Å²) < 4.78 is -1.33. The zero-order chi connectivity index (χ0) is 23.9. The van der Waals surface area contributed by atoms with E-state index in [9.17, 15) is 9.59 Å². The first-order chi connectivity index (χ1) is 15.6. The number of aromatic nitrogens is 1. The first-order valence-corrected chi connectivity index (χ1v) is 11.4. The van der Waals surface area contributed by atoms with Gasteiger partial charge in [0.15, 0.2) is 0 Å². The fourth-order valence-electron chi connectivity index (χ4n) is 3.54. The van der Waals surface area contributed by atoms with Gasteiger partial charge in [0.25, 0.3) is 5.91 Å². The molecule has 0 spiro atoms. The fourth-order valence-corrected chi connectivity index (χ4v) is 5.12. The predicted molar refractivity (Wildman–Crippen MR) is 134 cm³/mol. The lowest BCUT2D eigenvalue weighted by molar-refractivity contribution is -0.117. The van der Waals surface area contributed by atoms with Gasteiger partial charge in [-0.25, -0.2) is 0 Å². The van der Waals surface area contributed by atoms with Gasteiger partial charge in [-0.1, -0.05) is 34.8 Å². The lowest BCUT2D eigenvalue weighted by atomic mass is 10.1. The molecule has 1 aliphatic rings. The topological polar surface area (TPSA) is 97.1 Å². The van der Waals surface area contributed by atoms with Crippen LogP contribution in [0.4, 0.5) is 17.1 Å². The maximum absolute atomic E-state index is 12.9. The Morgan fingerprint density at radius 1 is 0.909 bits per heavy atom. The minimum Gasteiger partial charge on any atom is -0.397 e. The Balaban J connectivity index is 1.51. The molecule has 0 radical (unpaired) electrons. The molecule has 2 aromatic carbocycles. The number of carbonyl (C=O) groups is 2. The Labute approximate surface area is 214 Å². The summed E-state index contributed by atoms with van der Waals surface area (Å²) in [5.41, 5.74) is 7.63. The highest BCUT2D eigenvalue weighted by Gasteiger charge is 2.67. The third-order valence-electron chi connectivity index (χ3n) is 5.08. The van der Waals surface area contributed by atoms with E-state index in [0.29, 0.717) is 32.7 Å². The van der Waals surface area contributed by atoms with Crippen molar-refractivity contribution in [3.8, 4) is 0 Å². The van der Waals surface area contributed by atoms with Crippen molar-refractivity contribution in [2.75, 3.05) is 16.4 Å². The van der Waals surface area contributed by atoms with E-state index in [1.807, 2.05) is 0 Å². The van der Waals surface area contributed by atoms with Gasteiger partial charge in [-0.3, -0.25) is 14.6 Å². The van der Waals surface area contributed by atoms with Crippen LogP contribution in [0.3, 0.4) is 0 Å². The van der Waals surface area contributed by atoms with E-state index >= 15 is 0 Å². The lowest BCUT2D eigenvalue weighted by Gasteiger charge is -2.10. The van der Waals surface area contributed by atoms with E-state index in [1.54, 1.807) is 30.3 Å². The summed E-state index contributed by atoms with van der Waals surface area (Å²) in [5.74, 6) is -2.16. The molecule has 2 atom stereocenters. The van der Waals surface area contributed by atoms with Crippen LogP contribution in [0.1, 0.15) is 21.8 Å². The number of nitrogen functional groups attached to an aromatic ring is 1. The number of rotatable bonds is 5. The third-order valence-corrected chi connectivity index (χ3v) is 6.78. The van der Waals surface area contributed by atoms with Crippen LogP contribution >= 0.6 is 58.0 Å². The van der Waals surface area contributed by atoms with Crippen molar-refractivity contribution in [2.24, 2.45) is 5.92 Å². The van der Waals surface area contributed by atoms with Crippen molar-refractivity contribution in [2.45, 2.75) is 10.3 Å². The van der Waals surface area contributed by atoms with Crippen LogP contribution in [0.2, 0.25) is 15.1 Å². The molecule has 1 fully saturated rings. The standard InChI is InChI=1S/C22H15Cl5N4O2/c23-11-3-10(4-12(24)5-11)18-19(22(18,26)27)21(33)30-14-1-2-17(25)16(7-14)20(32)31-15-6-13(28)8-29-9-15/h1-9,18-19H,28H2,(H,30,33)(H,31,32)/t18-,19+/m0/s1. The lowest BCUT2D eigenvalue weighted by Crippen LogP contribution is -2.18. The molecule has 0 saturated heterocycles. The number of pyridine rings is 1. The van der Waals surface area contributed by atoms with E-state index in [4.69, 9.17) is 63.7 Å². The van der Waals surface area contributed by atoms with Gasteiger partial charge in [0.2, 0.25) is 5.91 Å². The molecule has 11 heteroatoms. The van der Waals surface area contributed by atoms with E-state index < -0.39 is 28.0 Å². The van der Waals surface area contributed by atoms with Gasteiger partial charge in [-0.15, -0.1) is 23.2 Å². The molecule has 4 N–H and O–H groups in total. The summed E-state index contributed by atoms with van der Waals surface area (Å²) in [7, 11) is 0. The number of nitrogens with two attached hydrogens (primary N) is 1. The molecule has 0 aliphatic heterocycles. The minimum absolute atomic E-state index is 0.147. The number of amides is 2. The molecule has 1 heterocycles. The number of hydrogen-bond donors (Lipinski definition) is 3. The Morgan fingerprint density at radius 2 is 1.61 bits per heavy atom. The van der Waals surface area contributed by atoms with E-state index in [1.165, 1.54) is 24.5 Å². The molecule has 6 nitrogen and oxygen atoms in total. The van der Waals surface area contributed by atoms with Gasteiger partial charge >= 0.3 is 0 Å². The molecule has 4 rings (SSSR count). The normalized spacial score (nSPS) is 18.5. The number of benzene rings is 2. The second kappa shape index (κ2) is 9.20. The summed E-state index contributed by atoms with van der Waals surface area (Å²) >= 11 is 31.1. The molecular weight excluding hydrogens is 530 g/mol.